The molecule has 0 fully saturated rings. The molecule has 0 aliphatic rings. The summed E-state index contributed by atoms with van der Waals surface area (Å²) < 4.78 is 5.50. The number of ether oxygens (including phenoxy) is 1. The Bertz CT molecular complexity index is 1200. The number of phenols is 1. The number of hydrogen-bond donors (Lipinski definition) is 1. The Labute approximate surface area is 164 Å². The molecule has 0 saturated heterocycles. The number of fused-ring (bicyclic) bond motifs is 2. The maximum absolute atomic E-state index is 12.1. The van der Waals surface area contributed by atoms with Crippen LogP contribution in [0.25, 0.3) is 32.7 Å². The van der Waals surface area contributed by atoms with Gasteiger partial charge in [-0.05, 0) is 89.8 Å². The summed E-state index contributed by atoms with van der Waals surface area (Å²) in [5.74, 6) is 0.588. The van der Waals surface area contributed by atoms with Crippen molar-refractivity contribution in [3.8, 4) is 22.6 Å². The fourth-order valence-corrected chi connectivity index (χ4v) is 3.14. The first kappa shape index (κ1) is 18.1. The molecule has 0 aromatic heterocycles. The molecule has 0 atom stereocenters. The molecule has 0 radical (unpaired) electrons. The van der Waals surface area contributed by atoms with Gasteiger partial charge in [-0.25, -0.2) is 0 Å². The third-order valence-electron chi connectivity index (χ3n) is 4.79. The van der Waals surface area contributed by atoms with Crippen LogP contribution in [-0.2, 0) is 4.79 Å². The summed E-state index contributed by atoms with van der Waals surface area (Å²) in [5, 5.41) is 13.8. The minimum atomic E-state index is -0.536. The SMILES string of the molecule is CC(C)(C)C(=O)Oc1ccc2cc(-c3ccc4cc(O)ccc4c3)ccc2c1. The average Bonchev–Trinajstić information content (AvgIpc) is 2.66. The van der Waals surface area contributed by atoms with E-state index in [0.29, 0.717) is 5.75 Å². The van der Waals surface area contributed by atoms with E-state index in [-0.39, 0.29) is 11.7 Å². The van der Waals surface area contributed by atoms with Crippen LogP contribution in [0.3, 0.4) is 0 Å². The summed E-state index contributed by atoms with van der Waals surface area (Å²) in [6, 6.07) is 23.5. The fraction of sp³-hybridized carbons (Fsp3) is 0.160. The van der Waals surface area contributed by atoms with Crippen molar-refractivity contribution in [2.24, 2.45) is 5.41 Å². The molecule has 4 aromatic carbocycles. The van der Waals surface area contributed by atoms with Gasteiger partial charge in [0.1, 0.15) is 11.5 Å². The van der Waals surface area contributed by atoms with Gasteiger partial charge < -0.3 is 9.84 Å². The maximum atomic E-state index is 12.1. The highest BCUT2D eigenvalue weighted by Gasteiger charge is 2.23. The number of phenolic OH excluding ortho intramolecular Hbond substituents is 1. The number of benzene rings is 4. The minimum Gasteiger partial charge on any atom is -0.508 e. The van der Waals surface area contributed by atoms with Crippen molar-refractivity contribution in [2.75, 3.05) is 0 Å². The highest BCUT2D eigenvalue weighted by atomic mass is 16.5. The zero-order valence-corrected chi connectivity index (χ0v) is 16.2. The van der Waals surface area contributed by atoms with Crippen LogP contribution in [0.2, 0.25) is 0 Å². The van der Waals surface area contributed by atoms with Crippen LogP contribution < -0.4 is 4.74 Å². The molecule has 1 N–H and O–H groups in total. The Morgan fingerprint density at radius 1 is 0.714 bits per heavy atom. The summed E-state index contributed by atoms with van der Waals surface area (Å²) >= 11 is 0. The number of aromatic hydroxyl groups is 1. The minimum absolute atomic E-state index is 0.245. The predicted octanol–water partition coefficient (Wildman–Crippen LogP) is 6.32. The Morgan fingerprint density at radius 2 is 1.21 bits per heavy atom. The van der Waals surface area contributed by atoms with Gasteiger partial charge in [0, 0.05) is 0 Å². The van der Waals surface area contributed by atoms with E-state index in [9.17, 15) is 9.90 Å². The van der Waals surface area contributed by atoms with E-state index >= 15 is 0 Å². The maximum Gasteiger partial charge on any atom is 0.316 e. The third-order valence-corrected chi connectivity index (χ3v) is 4.79. The molecule has 0 saturated carbocycles. The number of esters is 1. The van der Waals surface area contributed by atoms with Crippen LogP contribution >= 0.6 is 0 Å². The predicted molar refractivity (Wildman–Crippen MR) is 114 cm³/mol. The van der Waals surface area contributed by atoms with Crippen molar-refractivity contribution in [3.05, 3.63) is 72.8 Å². The van der Waals surface area contributed by atoms with Gasteiger partial charge in [0.25, 0.3) is 0 Å². The number of hydrogen-bond acceptors (Lipinski definition) is 3. The Hall–Kier alpha value is -3.33. The number of carbonyl (C=O) groups is 1. The molecule has 3 heteroatoms. The van der Waals surface area contributed by atoms with E-state index < -0.39 is 5.41 Å². The first-order valence-corrected chi connectivity index (χ1v) is 9.29. The van der Waals surface area contributed by atoms with E-state index in [1.807, 2.05) is 57.2 Å². The van der Waals surface area contributed by atoms with Gasteiger partial charge in [-0.3, -0.25) is 4.79 Å². The molecule has 0 aliphatic carbocycles. The quantitative estimate of drug-likeness (QED) is 0.332. The molecule has 4 aromatic rings. The molecule has 140 valence electrons. The topological polar surface area (TPSA) is 46.5 Å². The van der Waals surface area contributed by atoms with Crippen LogP contribution in [0.5, 0.6) is 11.5 Å². The van der Waals surface area contributed by atoms with Gasteiger partial charge in [0.15, 0.2) is 0 Å². The van der Waals surface area contributed by atoms with Crippen LogP contribution in [-0.4, -0.2) is 11.1 Å². The van der Waals surface area contributed by atoms with Crippen LogP contribution in [0.4, 0.5) is 0 Å². The third kappa shape index (κ3) is 3.56. The van der Waals surface area contributed by atoms with Crippen LogP contribution in [0.15, 0.2) is 72.8 Å². The van der Waals surface area contributed by atoms with Gasteiger partial charge in [-0.2, -0.15) is 0 Å². The Balaban J connectivity index is 1.67. The zero-order valence-electron chi connectivity index (χ0n) is 16.2. The van der Waals surface area contributed by atoms with Crippen molar-refractivity contribution in [1.82, 2.24) is 0 Å². The monoisotopic (exact) mass is 370 g/mol. The molecule has 4 rings (SSSR count). The van der Waals surface area contributed by atoms with E-state index in [1.54, 1.807) is 12.1 Å². The zero-order chi connectivity index (χ0) is 19.9. The molecule has 0 spiro atoms. The van der Waals surface area contributed by atoms with Gasteiger partial charge in [-0.15, -0.1) is 0 Å². The van der Waals surface area contributed by atoms with E-state index in [2.05, 4.69) is 24.3 Å². The molecule has 0 bridgehead atoms. The van der Waals surface area contributed by atoms with Crippen LogP contribution in [0.1, 0.15) is 20.8 Å². The highest BCUT2D eigenvalue weighted by Crippen LogP contribution is 2.30. The van der Waals surface area contributed by atoms with E-state index in [1.165, 1.54) is 0 Å². The van der Waals surface area contributed by atoms with Crippen molar-refractivity contribution in [3.63, 3.8) is 0 Å². The summed E-state index contributed by atoms with van der Waals surface area (Å²) in [4.78, 5) is 12.1. The molecule has 28 heavy (non-hydrogen) atoms. The highest BCUT2D eigenvalue weighted by molar-refractivity contribution is 5.92. The van der Waals surface area contributed by atoms with Gasteiger partial charge >= 0.3 is 5.97 Å². The lowest BCUT2D eigenvalue weighted by Gasteiger charge is -2.16. The normalized spacial score (nSPS) is 11.7. The van der Waals surface area contributed by atoms with Gasteiger partial charge in [0.2, 0.25) is 0 Å². The molecule has 0 amide bonds. The number of rotatable bonds is 2. The first-order chi connectivity index (χ1) is 13.3. The standard InChI is InChI=1S/C25H22O3/c1-25(2,3)24(27)28-23-11-9-19-13-17(5-7-21(19)15-23)16-4-6-20-14-22(26)10-8-18(20)12-16/h4-15,26H,1-3H3. The van der Waals surface area contributed by atoms with Crippen molar-refractivity contribution >= 4 is 27.5 Å². The van der Waals surface area contributed by atoms with Crippen molar-refractivity contribution in [1.29, 1.82) is 0 Å². The van der Waals surface area contributed by atoms with Crippen LogP contribution in [0, 0.1) is 5.41 Å². The van der Waals surface area contributed by atoms with E-state index in [0.717, 1.165) is 32.7 Å². The average molecular weight is 370 g/mol. The second-order valence-corrected chi connectivity index (χ2v) is 8.11. The smallest absolute Gasteiger partial charge is 0.316 e. The Morgan fingerprint density at radius 3 is 1.82 bits per heavy atom. The van der Waals surface area contributed by atoms with E-state index in [4.69, 9.17) is 4.74 Å². The molecule has 0 heterocycles. The lowest BCUT2D eigenvalue weighted by atomic mass is 9.97. The second-order valence-electron chi connectivity index (χ2n) is 8.11. The second kappa shape index (κ2) is 6.68. The Kier molecular flexibility index (Phi) is 4.31. The first-order valence-electron chi connectivity index (χ1n) is 9.29. The molecular formula is C25H22O3. The summed E-state index contributed by atoms with van der Waals surface area (Å²) in [7, 11) is 0. The summed E-state index contributed by atoms with van der Waals surface area (Å²) in [5.41, 5.74) is 1.69. The van der Waals surface area contributed by atoms with Gasteiger partial charge in [-0.1, -0.05) is 36.4 Å². The summed E-state index contributed by atoms with van der Waals surface area (Å²) in [6.45, 7) is 5.52. The van der Waals surface area contributed by atoms with Gasteiger partial charge in [0.05, 0.1) is 5.41 Å². The largest absolute Gasteiger partial charge is 0.508 e. The lowest BCUT2D eigenvalue weighted by Crippen LogP contribution is -2.25. The lowest BCUT2D eigenvalue weighted by molar-refractivity contribution is -0.142. The number of carbonyl (C=O) groups excluding carboxylic acids is 1. The van der Waals surface area contributed by atoms with Crippen molar-refractivity contribution < 1.29 is 14.6 Å². The van der Waals surface area contributed by atoms with Crippen molar-refractivity contribution in [2.45, 2.75) is 20.8 Å². The molecular weight excluding hydrogens is 348 g/mol. The summed E-state index contributed by atoms with van der Waals surface area (Å²) in [6.07, 6.45) is 0. The fourth-order valence-electron chi connectivity index (χ4n) is 3.14. The molecule has 0 aliphatic heterocycles. The molecule has 3 nitrogen and oxygen atoms in total. The molecule has 0 unspecified atom stereocenters.